The van der Waals surface area contributed by atoms with Crippen LogP contribution in [-0.4, -0.2) is 56.9 Å². The third-order valence-corrected chi connectivity index (χ3v) is 4.17. The second kappa shape index (κ2) is 9.52. The Kier molecular flexibility index (Phi) is 7.37. The molecule has 1 aromatic rings. The summed E-state index contributed by atoms with van der Waals surface area (Å²) in [7, 11) is 2.09. The molecule has 1 saturated heterocycles. The van der Waals surface area contributed by atoms with Crippen molar-refractivity contribution in [1.29, 1.82) is 0 Å². The Bertz CT molecular complexity index is 527. The first-order valence-corrected chi connectivity index (χ1v) is 8.89. The molecular weight excluding hydrogens is 302 g/mol. The number of hydrogen-bond acceptors (Lipinski definition) is 3. The highest BCUT2D eigenvalue weighted by molar-refractivity contribution is 5.79. The molecule has 0 aliphatic carbocycles. The summed E-state index contributed by atoms with van der Waals surface area (Å²) >= 11 is 0. The largest absolute Gasteiger partial charge is 0.489 e. The summed E-state index contributed by atoms with van der Waals surface area (Å²) in [5.74, 6) is 2.46. The Labute approximate surface area is 146 Å². The minimum atomic E-state index is 0.0305. The van der Waals surface area contributed by atoms with Gasteiger partial charge >= 0.3 is 0 Å². The van der Waals surface area contributed by atoms with Gasteiger partial charge in [-0.15, -0.1) is 0 Å². The van der Waals surface area contributed by atoms with E-state index >= 15 is 0 Å². The summed E-state index contributed by atoms with van der Waals surface area (Å²) in [6, 6.07) is 8.09. The van der Waals surface area contributed by atoms with Crippen molar-refractivity contribution in [1.82, 2.24) is 10.2 Å². The molecular formula is C19H31N3O2. The zero-order chi connectivity index (χ0) is 17.4. The van der Waals surface area contributed by atoms with Gasteiger partial charge in [0, 0.05) is 32.7 Å². The number of benzene rings is 1. The van der Waals surface area contributed by atoms with Crippen LogP contribution >= 0.6 is 0 Å². The first kappa shape index (κ1) is 18.6. The Morgan fingerprint density at radius 3 is 2.92 bits per heavy atom. The number of nitrogens with zero attached hydrogens (tertiary/aromatic N) is 2. The van der Waals surface area contributed by atoms with Crippen LogP contribution < -0.4 is 10.1 Å². The first-order chi connectivity index (χ1) is 11.6. The minimum Gasteiger partial charge on any atom is -0.489 e. The Morgan fingerprint density at radius 1 is 1.46 bits per heavy atom. The molecule has 1 fully saturated rings. The van der Waals surface area contributed by atoms with Crippen molar-refractivity contribution in [2.75, 3.05) is 39.9 Å². The van der Waals surface area contributed by atoms with Crippen molar-refractivity contribution in [2.45, 2.75) is 33.3 Å². The Morgan fingerprint density at radius 2 is 2.25 bits per heavy atom. The van der Waals surface area contributed by atoms with E-state index in [0.717, 1.165) is 50.0 Å². The molecule has 0 amide bonds. The number of nitrogens with one attached hydrogen (secondary N) is 1. The van der Waals surface area contributed by atoms with Gasteiger partial charge in [0.25, 0.3) is 0 Å². The fourth-order valence-corrected chi connectivity index (χ4v) is 2.83. The van der Waals surface area contributed by atoms with E-state index in [1.54, 1.807) is 0 Å². The monoisotopic (exact) mass is 333 g/mol. The Hall–Kier alpha value is -1.75. The van der Waals surface area contributed by atoms with Crippen LogP contribution in [0.15, 0.2) is 29.3 Å². The van der Waals surface area contributed by atoms with Gasteiger partial charge in [0.1, 0.15) is 11.9 Å². The summed E-state index contributed by atoms with van der Waals surface area (Å²) < 4.78 is 11.5. The van der Waals surface area contributed by atoms with E-state index in [0.29, 0.717) is 12.5 Å². The second-order valence-electron chi connectivity index (χ2n) is 6.50. The van der Waals surface area contributed by atoms with Gasteiger partial charge in [-0.1, -0.05) is 18.2 Å². The van der Waals surface area contributed by atoms with Gasteiger partial charge < -0.3 is 19.7 Å². The lowest BCUT2D eigenvalue weighted by molar-refractivity contribution is 0.181. The normalized spacial score (nSPS) is 19.2. The predicted molar refractivity (Wildman–Crippen MR) is 98.8 cm³/mol. The summed E-state index contributed by atoms with van der Waals surface area (Å²) in [5.41, 5.74) is 1.15. The maximum absolute atomic E-state index is 6.01. The molecule has 2 rings (SSSR count). The third-order valence-electron chi connectivity index (χ3n) is 4.17. The highest BCUT2D eigenvalue weighted by Gasteiger charge is 2.19. The van der Waals surface area contributed by atoms with Gasteiger partial charge in [-0.25, -0.2) is 4.99 Å². The molecule has 5 nitrogen and oxygen atoms in total. The van der Waals surface area contributed by atoms with Crippen LogP contribution in [0.25, 0.3) is 0 Å². The molecule has 24 heavy (non-hydrogen) atoms. The van der Waals surface area contributed by atoms with E-state index in [1.165, 1.54) is 0 Å². The SMILES string of the molecule is CCNC(=NCC(C)Oc1ccccc1C)N(C)CC1CCOC1. The van der Waals surface area contributed by atoms with Gasteiger partial charge in [-0.3, -0.25) is 0 Å². The van der Waals surface area contributed by atoms with E-state index in [9.17, 15) is 0 Å². The molecule has 0 saturated carbocycles. The first-order valence-electron chi connectivity index (χ1n) is 8.89. The smallest absolute Gasteiger partial charge is 0.193 e. The molecule has 0 bridgehead atoms. The van der Waals surface area contributed by atoms with Crippen LogP contribution in [0.3, 0.4) is 0 Å². The number of para-hydroxylation sites is 1. The molecule has 0 radical (unpaired) electrons. The molecule has 2 atom stereocenters. The molecule has 1 heterocycles. The van der Waals surface area contributed by atoms with Crippen molar-refractivity contribution in [3.8, 4) is 5.75 Å². The van der Waals surface area contributed by atoms with Crippen molar-refractivity contribution >= 4 is 5.96 Å². The molecule has 1 aliphatic heterocycles. The zero-order valence-electron chi connectivity index (χ0n) is 15.4. The Balaban J connectivity index is 1.90. The molecule has 1 aliphatic rings. The fourth-order valence-electron chi connectivity index (χ4n) is 2.83. The van der Waals surface area contributed by atoms with Gasteiger partial charge in [0.2, 0.25) is 0 Å². The maximum atomic E-state index is 6.01. The van der Waals surface area contributed by atoms with Crippen molar-refractivity contribution < 1.29 is 9.47 Å². The van der Waals surface area contributed by atoms with Crippen LogP contribution in [-0.2, 0) is 4.74 Å². The van der Waals surface area contributed by atoms with E-state index in [4.69, 9.17) is 14.5 Å². The highest BCUT2D eigenvalue weighted by atomic mass is 16.5. The van der Waals surface area contributed by atoms with Crippen LogP contribution in [0, 0.1) is 12.8 Å². The fraction of sp³-hybridized carbons (Fsp3) is 0.632. The lowest BCUT2D eigenvalue weighted by atomic mass is 10.1. The summed E-state index contributed by atoms with van der Waals surface area (Å²) in [5, 5.41) is 3.37. The number of hydrogen-bond donors (Lipinski definition) is 1. The number of rotatable bonds is 7. The minimum absolute atomic E-state index is 0.0305. The van der Waals surface area contributed by atoms with E-state index in [2.05, 4.69) is 44.1 Å². The number of aryl methyl sites for hydroxylation is 1. The van der Waals surface area contributed by atoms with Crippen molar-refractivity contribution in [3.05, 3.63) is 29.8 Å². The van der Waals surface area contributed by atoms with Gasteiger partial charge in [-0.05, 0) is 38.8 Å². The van der Waals surface area contributed by atoms with Crippen LogP contribution in [0.2, 0.25) is 0 Å². The van der Waals surface area contributed by atoms with Crippen molar-refractivity contribution in [3.63, 3.8) is 0 Å². The predicted octanol–water partition coefficient (Wildman–Crippen LogP) is 2.70. The standard InChI is InChI=1S/C19H31N3O2/c1-5-20-19(22(4)13-17-10-11-23-14-17)21-12-16(3)24-18-9-7-6-8-15(18)2/h6-9,16-17H,5,10-14H2,1-4H3,(H,20,21). The van der Waals surface area contributed by atoms with Crippen LogP contribution in [0.4, 0.5) is 0 Å². The lowest BCUT2D eigenvalue weighted by Gasteiger charge is -2.25. The topological polar surface area (TPSA) is 46.1 Å². The van der Waals surface area contributed by atoms with Gasteiger partial charge in [-0.2, -0.15) is 0 Å². The van der Waals surface area contributed by atoms with E-state index in [1.807, 2.05) is 18.2 Å². The molecule has 1 aromatic carbocycles. The van der Waals surface area contributed by atoms with Gasteiger partial charge in [0.05, 0.1) is 13.2 Å². The third kappa shape index (κ3) is 5.71. The molecule has 134 valence electrons. The number of ether oxygens (including phenoxy) is 2. The molecule has 1 N–H and O–H groups in total. The van der Waals surface area contributed by atoms with Crippen LogP contribution in [0.1, 0.15) is 25.8 Å². The summed E-state index contributed by atoms with van der Waals surface area (Å²) in [6.07, 6.45) is 1.17. The second-order valence-corrected chi connectivity index (χ2v) is 6.50. The average Bonchev–Trinajstić information content (AvgIpc) is 3.06. The number of aliphatic imine (C=N–C) groups is 1. The lowest BCUT2D eigenvalue weighted by Crippen LogP contribution is -2.42. The van der Waals surface area contributed by atoms with Crippen LogP contribution in [0.5, 0.6) is 5.75 Å². The molecule has 2 unspecified atom stereocenters. The number of guanidine groups is 1. The van der Waals surface area contributed by atoms with Crippen molar-refractivity contribution in [2.24, 2.45) is 10.9 Å². The van der Waals surface area contributed by atoms with E-state index < -0.39 is 0 Å². The summed E-state index contributed by atoms with van der Waals surface area (Å²) in [4.78, 5) is 6.94. The molecule has 5 heteroatoms. The molecule has 0 aromatic heterocycles. The zero-order valence-corrected chi connectivity index (χ0v) is 15.4. The maximum Gasteiger partial charge on any atom is 0.193 e. The van der Waals surface area contributed by atoms with Gasteiger partial charge in [0.15, 0.2) is 5.96 Å². The van der Waals surface area contributed by atoms with E-state index in [-0.39, 0.29) is 6.10 Å². The quantitative estimate of drug-likeness (QED) is 0.616. The molecule has 0 spiro atoms. The highest BCUT2D eigenvalue weighted by Crippen LogP contribution is 2.18. The average molecular weight is 333 g/mol. The summed E-state index contributed by atoms with van der Waals surface area (Å²) in [6.45, 7) is 10.4.